The van der Waals surface area contributed by atoms with E-state index in [0.29, 0.717) is 17.5 Å². The zero-order valence-corrected chi connectivity index (χ0v) is 13.2. The molecule has 114 valence electrons. The van der Waals surface area contributed by atoms with E-state index in [2.05, 4.69) is 4.90 Å². The third kappa shape index (κ3) is 3.27. The molecule has 0 radical (unpaired) electrons. The van der Waals surface area contributed by atoms with Crippen molar-refractivity contribution in [3.8, 4) is 0 Å². The molecule has 2 N–H and O–H groups in total. The minimum Gasteiger partial charge on any atom is -0.389 e. The molecule has 3 rings (SSSR count). The number of thiocarbonyl (C=S) groups is 1. The summed E-state index contributed by atoms with van der Waals surface area (Å²) in [5.41, 5.74) is 7.51. The minimum atomic E-state index is -0.193. The van der Waals surface area contributed by atoms with E-state index in [0.717, 1.165) is 18.7 Å². The van der Waals surface area contributed by atoms with Gasteiger partial charge in [-0.05, 0) is 50.3 Å². The van der Waals surface area contributed by atoms with Crippen LogP contribution in [0.25, 0.3) is 0 Å². The van der Waals surface area contributed by atoms with Crippen molar-refractivity contribution in [3.05, 3.63) is 35.1 Å². The summed E-state index contributed by atoms with van der Waals surface area (Å²) in [5.74, 6) is -0.193. The van der Waals surface area contributed by atoms with Gasteiger partial charge >= 0.3 is 0 Å². The first-order valence-corrected chi connectivity index (χ1v) is 8.29. The molecule has 0 atom stereocenters. The lowest BCUT2D eigenvalue weighted by molar-refractivity contribution is 0.103. The molecule has 1 aromatic rings. The summed E-state index contributed by atoms with van der Waals surface area (Å²) in [6.45, 7) is 2.88. The van der Waals surface area contributed by atoms with E-state index >= 15 is 0 Å². The number of halogens is 1. The second-order valence-corrected chi connectivity index (χ2v) is 7.09. The maximum Gasteiger partial charge on any atom is 0.128 e. The fraction of sp³-hybridized carbons (Fsp3) is 0.588. The molecule has 1 aliphatic carbocycles. The number of piperidine rings is 1. The Balaban J connectivity index is 1.61. The molecule has 0 amide bonds. The Morgan fingerprint density at radius 3 is 2.43 bits per heavy atom. The number of nitrogens with zero attached hydrogens (tertiary/aromatic N) is 1. The predicted molar refractivity (Wildman–Crippen MR) is 87.7 cm³/mol. The highest BCUT2D eigenvalue weighted by molar-refractivity contribution is 7.80. The van der Waals surface area contributed by atoms with Crippen LogP contribution in [-0.4, -0.2) is 23.0 Å². The Hall–Kier alpha value is -1.00. The molecule has 4 heteroatoms. The van der Waals surface area contributed by atoms with Gasteiger partial charge < -0.3 is 5.73 Å². The number of hydrogen-bond acceptors (Lipinski definition) is 2. The van der Waals surface area contributed by atoms with Crippen molar-refractivity contribution in [2.24, 2.45) is 11.1 Å². The first-order valence-electron chi connectivity index (χ1n) is 7.89. The maximum absolute atomic E-state index is 14.1. The normalized spacial score (nSPS) is 21.8. The fourth-order valence-electron chi connectivity index (χ4n) is 3.88. The maximum atomic E-state index is 14.1. The van der Waals surface area contributed by atoms with Gasteiger partial charge in [-0.3, -0.25) is 4.90 Å². The zero-order valence-electron chi connectivity index (χ0n) is 12.4. The van der Waals surface area contributed by atoms with Gasteiger partial charge in [0.2, 0.25) is 0 Å². The highest BCUT2D eigenvalue weighted by Crippen LogP contribution is 2.46. The smallest absolute Gasteiger partial charge is 0.128 e. The highest BCUT2D eigenvalue weighted by Gasteiger charge is 2.36. The van der Waals surface area contributed by atoms with E-state index in [1.54, 1.807) is 0 Å². The lowest BCUT2D eigenvalue weighted by Crippen LogP contribution is -2.38. The van der Waals surface area contributed by atoms with Gasteiger partial charge in [0, 0.05) is 17.7 Å². The summed E-state index contributed by atoms with van der Waals surface area (Å²) < 4.78 is 14.1. The number of likely N-dealkylation sites (tertiary alicyclic amines) is 1. The van der Waals surface area contributed by atoms with Crippen molar-refractivity contribution in [3.63, 3.8) is 0 Å². The molecule has 2 nitrogen and oxygen atoms in total. The van der Waals surface area contributed by atoms with Gasteiger partial charge in [0.05, 0.1) is 0 Å². The Kier molecular flexibility index (Phi) is 4.27. The first-order chi connectivity index (χ1) is 10.1. The molecule has 1 saturated heterocycles. The summed E-state index contributed by atoms with van der Waals surface area (Å²) in [6, 6.07) is 5.10. The first kappa shape index (κ1) is 14.9. The topological polar surface area (TPSA) is 29.3 Å². The van der Waals surface area contributed by atoms with Crippen LogP contribution in [-0.2, 0) is 6.54 Å². The predicted octanol–water partition coefficient (Wildman–Crippen LogP) is 3.62. The molecule has 1 saturated carbocycles. The van der Waals surface area contributed by atoms with E-state index in [4.69, 9.17) is 18.0 Å². The van der Waals surface area contributed by atoms with Crippen LogP contribution in [0.2, 0.25) is 0 Å². The molecule has 21 heavy (non-hydrogen) atoms. The van der Waals surface area contributed by atoms with Crippen molar-refractivity contribution in [1.82, 2.24) is 4.90 Å². The lowest BCUT2D eigenvalue weighted by Gasteiger charge is -2.39. The standard InChI is InChI=1S/C17H23FN2S/c18-15-11-13(16(19)21)3-4-14(15)12-20-9-7-17(8-10-20)5-1-2-6-17/h3-4,11H,1-2,5-10,12H2,(H2,19,21). The SMILES string of the molecule is NC(=S)c1ccc(CN2CCC3(CCCC3)CC2)c(F)c1. The van der Waals surface area contributed by atoms with Crippen molar-refractivity contribution in [1.29, 1.82) is 0 Å². The van der Waals surface area contributed by atoms with Crippen LogP contribution in [0.3, 0.4) is 0 Å². The Labute approximate surface area is 131 Å². The van der Waals surface area contributed by atoms with Crippen LogP contribution in [0, 0.1) is 11.2 Å². The Bertz CT molecular complexity index is 528. The van der Waals surface area contributed by atoms with E-state index in [9.17, 15) is 4.39 Å². The van der Waals surface area contributed by atoms with Crippen molar-refractivity contribution in [2.75, 3.05) is 13.1 Å². The van der Waals surface area contributed by atoms with Crippen LogP contribution < -0.4 is 5.73 Å². The number of benzene rings is 1. The minimum absolute atomic E-state index is 0.193. The molecule has 0 unspecified atom stereocenters. The average molecular weight is 306 g/mol. The summed E-state index contributed by atoms with van der Waals surface area (Å²) in [4.78, 5) is 2.63. The molecule has 1 aliphatic heterocycles. The van der Waals surface area contributed by atoms with Crippen LogP contribution in [0.15, 0.2) is 18.2 Å². The molecule has 2 fully saturated rings. The molecule has 2 aliphatic rings. The molecule has 1 aromatic carbocycles. The van der Waals surface area contributed by atoms with Crippen molar-refractivity contribution < 1.29 is 4.39 Å². The number of hydrogen-bond donors (Lipinski definition) is 1. The lowest BCUT2D eigenvalue weighted by atomic mass is 9.77. The summed E-state index contributed by atoms with van der Waals surface area (Å²) in [7, 11) is 0. The van der Waals surface area contributed by atoms with Gasteiger partial charge in [-0.1, -0.05) is 37.2 Å². The quantitative estimate of drug-likeness (QED) is 0.865. The summed E-state index contributed by atoms with van der Waals surface area (Å²) in [5, 5.41) is 0. The van der Waals surface area contributed by atoms with E-state index in [1.165, 1.54) is 44.6 Å². The van der Waals surface area contributed by atoms with Crippen LogP contribution in [0.4, 0.5) is 4.39 Å². The summed E-state index contributed by atoms with van der Waals surface area (Å²) in [6.07, 6.45) is 8.15. The molecule has 1 heterocycles. The van der Waals surface area contributed by atoms with Gasteiger partial charge in [-0.25, -0.2) is 4.39 Å². The number of rotatable bonds is 3. The highest BCUT2D eigenvalue weighted by atomic mass is 32.1. The van der Waals surface area contributed by atoms with Crippen LogP contribution >= 0.6 is 12.2 Å². The molecule has 1 spiro atoms. The molecular formula is C17H23FN2S. The fourth-order valence-corrected chi connectivity index (χ4v) is 4.01. The largest absolute Gasteiger partial charge is 0.389 e. The van der Waals surface area contributed by atoms with E-state index < -0.39 is 0 Å². The molecular weight excluding hydrogens is 283 g/mol. The average Bonchev–Trinajstić information content (AvgIpc) is 2.92. The van der Waals surface area contributed by atoms with Gasteiger partial charge in [-0.15, -0.1) is 0 Å². The second-order valence-electron chi connectivity index (χ2n) is 6.65. The Morgan fingerprint density at radius 2 is 1.86 bits per heavy atom. The van der Waals surface area contributed by atoms with Gasteiger partial charge in [0.25, 0.3) is 0 Å². The zero-order chi connectivity index (χ0) is 14.9. The molecule has 0 aromatic heterocycles. The third-order valence-corrected chi connectivity index (χ3v) is 5.55. The number of nitrogens with two attached hydrogens (primary N) is 1. The van der Waals surface area contributed by atoms with Gasteiger partial charge in [0.15, 0.2) is 0 Å². The Morgan fingerprint density at radius 1 is 1.19 bits per heavy atom. The van der Waals surface area contributed by atoms with Crippen molar-refractivity contribution >= 4 is 17.2 Å². The van der Waals surface area contributed by atoms with Crippen LogP contribution in [0.1, 0.15) is 49.7 Å². The van der Waals surface area contributed by atoms with Crippen molar-refractivity contribution in [2.45, 2.75) is 45.1 Å². The van der Waals surface area contributed by atoms with E-state index in [-0.39, 0.29) is 10.8 Å². The van der Waals surface area contributed by atoms with Gasteiger partial charge in [0.1, 0.15) is 10.8 Å². The van der Waals surface area contributed by atoms with Crippen LogP contribution in [0.5, 0.6) is 0 Å². The summed E-state index contributed by atoms with van der Waals surface area (Å²) >= 11 is 4.88. The van der Waals surface area contributed by atoms with E-state index in [1.807, 2.05) is 12.1 Å². The van der Waals surface area contributed by atoms with Gasteiger partial charge in [-0.2, -0.15) is 0 Å². The monoisotopic (exact) mass is 306 g/mol. The molecule has 0 bridgehead atoms. The third-order valence-electron chi connectivity index (χ3n) is 5.31. The second kappa shape index (κ2) is 6.01.